The minimum atomic E-state index is -0.581. The predicted molar refractivity (Wildman–Crippen MR) is 586 cm³/mol. The molecule has 23 rings (SSSR count). The summed E-state index contributed by atoms with van der Waals surface area (Å²) in [6.07, 6.45) is 19.6. The minimum absolute atomic E-state index is 0.0312. The van der Waals surface area contributed by atoms with Crippen LogP contribution < -0.4 is 28.7 Å². The number of fused-ring (bicyclic) bond motifs is 12. The van der Waals surface area contributed by atoms with Gasteiger partial charge in [0.2, 0.25) is 0 Å². The number of nitrogens with zero attached hydrogens (tertiary/aromatic N) is 2. The quantitative estimate of drug-likeness (QED) is 0.0245. The van der Waals surface area contributed by atoms with Crippen LogP contribution in [0.3, 0.4) is 0 Å². The van der Waals surface area contributed by atoms with Crippen LogP contribution in [-0.4, -0.2) is 70.5 Å². The first-order valence-electron chi connectivity index (χ1n) is 51.2. The maximum atomic E-state index is 16.5. The molecule has 0 saturated carbocycles. The molecule has 5 aliphatic carbocycles. The van der Waals surface area contributed by atoms with Gasteiger partial charge in [0.1, 0.15) is 46.0 Å². The van der Waals surface area contributed by atoms with Crippen LogP contribution in [0.5, 0.6) is 46.0 Å². The largest absolute Gasteiger partial charge is 0.457 e. The number of rotatable bonds is 20. The van der Waals surface area contributed by atoms with Gasteiger partial charge in [-0.15, -0.1) is 0 Å². The summed E-state index contributed by atoms with van der Waals surface area (Å²) in [6.45, 7) is 41.5. The van der Waals surface area contributed by atoms with E-state index < -0.39 is 35.5 Å². The smallest absolute Gasteiger partial charge is 0.266 e. The highest BCUT2D eigenvalue weighted by Crippen LogP contribution is 2.63. The summed E-state index contributed by atoms with van der Waals surface area (Å²) in [5, 5.41) is 55.8. The Balaban J connectivity index is 0.680. The highest BCUT2D eigenvalue weighted by Gasteiger charge is 2.46. The Morgan fingerprint density at radius 2 is 0.465 bits per heavy atom. The topological polar surface area (TPSA) is 193 Å². The lowest BCUT2D eigenvalue weighted by molar-refractivity contribution is 0.0877. The molecule has 724 valence electrons. The third-order valence-electron chi connectivity index (χ3n) is 31.9. The van der Waals surface area contributed by atoms with Crippen molar-refractivity contribution >= 4 is 143 Å². The molecular weight excluding hydrogens is 1780 g/mol. The van der Waals surface area contributed by atoms with Crippen molar-refractivity contribution in [3.05, 3.63) is 343 Å². The standard InChI is InChI=1S/C130H122N2O12/c1-65(2)93-53-73(75(61-133)62-134)54-94(66(3)4)121(93)131-123(137)101-57-105(141-81-33-25-77(26-34-81)127(9,10)11)115-89-45-41-85-97-49-69-21-23-71-51-99-87-43-47-91-112-92(48-44-88(110(87)112)100(99)52-72(71)24-22-70(69)50-98(97)86-42-46-90(111(89)109(85)86)116-106(58-102(124(131)138)113(101)119(115)116)142-82-35-27-78(28-36-82)128(12,13)14)118-108(144-84-39-31-80(32-40-84)130(18,19)20)60-104-114-103(59-107(117(91)120(114)118)143-83-37-29-79(30-38-83)129(15,16)17)125(139)132(126(104)140)122-95(67(5)6)55-74(76(63-135)64-136)56-96(122)68(7)8/h21-60,65-72,75-76,133-136H,61-64H2,1-20H3/b23-21-,24-22-/t69-,70?,71+,72?. The van der Waals surface area contributed by atoms with Gasteiger partial charge in [-0.3, -0.25) is 19.2 Å². The molecule has 4 atom stereocenters. The number of hydrogen-bond donors (Lipinski definition) is 4. The number of hydrogen-bond acceptors (Lipinski definition) is 12. The number of anilines is 2. The van der Waals surface area contributed by atoms with E-state index in [-0.39, 0.29) is 95.4 Å². The van der Waals surface area contributed by atoms with Crippen molar-refractivity contribution in [3.63, 3.8) is 0 Å². The first-order chi connectivity index (χ1) is 68.7. The molecule has 14 nitrogen and oxygen atoms in total. The van der Waals surface area contributed by atoms with Gasteiger partial charge < -0.3 is 39.4 Å². The lowest BCUT2D eigenvalue weighted by Gasteiger charge is -2.34. The first-order valence-corrected chi connectivity index (χ1v) is 51.2. The summed E-state index contributed by atoms with van der Waals surface area (Å²) in [5.41, 5.74) is 19.5. The van der Waals surface area contributed by atoms with Crippen molar-refractivity contribution in [2.24, 2.45) is 23.7 Å². The molecule has 144 heavy (non-hydrogen) atoms. The van der Waals surface area contributed by atoms with Gasteiger partial charge in [-0.2, -0.15) is 0 Å². The molecule has 2 aliphatic heterocycles. The molecule has 14 heteroatoms. The van der Waals surface area contributed by atoms with E-state index >= 15 is 19.2 Å². The zero-order chi connectivity index (χ0) is 101. The van der Waals surface area contributed by atoms with Gasteiger partial charge in [0, 0.05) is 78.6 Å². The zero-order valence-electron chi connectivity index (χ0n) is 85.6. The van der Waals surface area contributed by atoms with Crippen LogP contribution in [-0.2, 0) is 21.7 Å². The van der Waals surface area contributed by atoms with Crippen molar-refractivity contribution in [3.8, 4) is 46.0 Å². The third kappa shape index (κ3) is 14.6. The maximum absolute atomic E-state index is 16.5. The summed E-state index contributed by atoms with van der Waals surface area (Å²) in [7, 11) is 0. The van der Waals surface area contributed by atoms with Gasteiger partial charge in [0.05, 0.1) is 60.1 Å². The van der Waals surface area contributed by atoms with E-state index in [0.29, 0.717) is 101 Å². The zero-order valence-corrected chi connectivity index (χ0v) is 85.6. The van der Waals surface area contributed by atoms with E-state index in [0.717, 1.165) is 165 Å². The Labute approximate surface area is 841 Å². The van der Waals surface area contributed by atoms with E-state index in [9.17, 15) is 20.4 Å². The maximum Gasteiger partial charge on any atom is 0.266 e. The predicted octanol–water partition coefficient (Wildman–Crippen LogP) is 31.3. The molecule has 0 saturated heterocycles. The van der Waals surface area contributed by atoms with E-state index in [4.69, 9.17) is 18.9 Å². The van der Waals surface area contributed by atoms with Crippen LogP contribution in [0.25, 0.3) is 108 Å². The third-order valence-corrected chi connectivity index (χ3v) is 31.9. The van der Waals surface area contributed by atoms with Crippen LogP contribution in [0.15, 0.2) is 243 Å². The van der Waals surface area contributed by atoms with Crippen molar-refractivity contribution in [1.82, 2.24) is 0 Å². The molecule has 0 radical (unpaired) electrons. The van der Waals surface area contributed by atoms with Crippen molar-refractivity contribution in [2.75, 3.05) is 36.2 Å². The highest BCUT2D eigenvalue weighted by atomic mass is 16.5. The fourth-order valence-corrected chi connectivity index (χ4v) is 24.1. The fourth-order valence-electron chi connectivity index (χ4n) is 24.1. The molecule has 0 bridgehead atoms. The monoisotopic (exact) mass is 1900 g/mol. The molecule has 0 spiro atoms. The molecule has 16 aromatic carbocycles. The molecule has 2 unspecified atom stereocenters. The molecule has 0 aromatic heterocycles. The van der Waals surface area contributed by atoms with Gasteiger partial charge in [-0.1, -0.05) is 308 Å². The summed E-state index contributed by atoms with van der Waals surface area (Å²) in [5.74, 6) is 0.0600. The van der Waals surface area contributed by atoms with Crippen LogP contribution >= 0.6 is 0 Å². The highest BCUT2D eigenvalue weighted by molar-refractivity contribution is 6.48. The van der Waals surface area contributed by atoms with Crippen molar-refractivity contribution in [1.29, 1.82) is 0 Å². The molecule has 16 aromatic rings. The number of imide groups is 2. The normalized spacial score (nSPS) is 17.7. The van der Waals surface area contributed by atoms with Crippen molar-refractivity contribution in [2.45, 2.75) is 196 Å². The van der Waals surface area contributed by atoms with E-state index in [1.54, 1.807) is 0 Å². The van der Waals surface area contributed by atoms with E-state index in [1.165, 1.54) is 9.80 Å². The molecule has 0 fully saturated rings. The minimum Gasteiger partial charge on any atom is -0.457 e. The van der Waals surface area contributed by atoms with Gasteiger partial charge in [0.25, 0.3) is 23.6 Å². The Hall–Kier alpha value is -14.1. The Morgan fingerprint density at radius 3 is 0.660 bits per heavy atom. The number of carbonyl (C=O) groups is 4. The second-order valence-electron chi connectivity index (χ2n) is 46.5. The first kappa shape index (κ1) is 93.5. The Kier molecular flexibility index (Phi) is 21.9. The second-order valence-corrected chi connectivity index (χ2v) is 46.5. The van der Waals surface area contributed by atoms with Crippen molar-refractivity contribution < 1.29 is 58.6 Å². The Morgan fingerprint density at radius 1 is 0.257 bits per heavy atom. The molecule has 4 N–H and O–H groups in total. The van der Waals surface area contributed by atoms with Gasteiger partial charge >= 0.3 is 0 Å². The van der Waals surface area contributed by atoms with Crippen LogP contribution in [0.2, 0.25) is 0 Å². The lowest BCUT2D eigenvalue weighted by atomic mass is 9.75. The summed E-state index contributed by atoms with van der Waals surface area (Å²) in [4.78, 5) is 68.9. The Bertz CT molecular complexity index is 7480. The number of allylic oxidation sites excluding steroid dienone is 12. The van der Waals surface area contributed by atoms with E-state index in [1.807, 2.05) is 152 Å². The number of amides is 4. The van der Waals surface area contributed by atoms with Gasteiger partial charge in [-0.25, -0.2) is 9.80 Å². The van der Waals surface area contributed by atoms with E-state index in [2.05, 4.69) is 229 Å². The average Bonchev–Trinajstić information content (AvgIpc) is 1.47. The van der Waals surface area contributed by atoms with Gasteiger partial charge in [0.15, 0.2) is 0 Å². The number of aliphatic hydroxyl groups is 4. The summed E-state index contributed by atoms with van der Waals surface area (Å²) >= 11 is 0. The molecule has 7 aliphatic rings. The fraction of sp³-hybridized carbons (Fsp3) is 0.292. The molecule has 2 heterocycles. The average molecular weight is 1900 g/mol. The number of benzene rings is 16. The van der Waals surface area contributed by atoms with Gasteiger partial charge in [-0.05, 0) is 261 Å². The number of carbonyl (C=O) groups excluding carboxylic acids is 4. The SMILES string of the molecule is CC(C)c1cc(C(CO)CO)cc(C(C)C)c1N1C(=O)c2cc(Oc3ccc(C(C)(C)C)cc3)c3c4ccc5c6c(ccc(c7c(Oc8ccc(C(C)(C)C)cc8)cc(c2c37)C1=O)c64)C1=C[C@@H]2/C=C\[C@@H]3C=C4C(=CC3/C=C\C2C=C15)c1ccc2c3c(Oc5ccc(C(C)(C)C)cc5)cc5c6c(cc(Oc7ccc(C(C)(C)C)cc7)c(c7ccc4c1c27)c63)C(=O)N(c1c(C(C)C)cc(C(CO)CO)cc1C(C)C)C5=O. The lowest BCUT2D eigenvalue weighted by Crippen LogP contribution is -2.42. The number of aliphatic hydroxyl groups excluding tert-OH is 4. The van der Waals surface area contributed by atoms with Crippen LogP contribution in [0.4, 0.5) is 11.4 Å². The second kappa shape index (κ2) is 33.8. The summed E-state index contributed by atoms with van der Waals surface area (Å²) < 4.78 is 29.6. The molecular formula is C130H122N2O12. The number of ether oxygens (including phenoxy) is 4. The summed E-state index contributed by atoms with van der Waals surface area (Å²) in [6, 6.07) is 66.0. The van der Waals surface area contributed by atoms with Crippen LogP contribution in [0.1, 0.15) is 293 Å². The van der Waals surface area contributed by atoms with Crippen LogP contribution in [0, 0.1) is 23.7 Å². The molecule has 4 amide bonds.